The number of hydrogen-bond donors (Lipinski definition) is 1. The van der Waals surface area contributed by atoms with Gasteiger partial charge in [0.25, 0.3) is 0 Å². The average Bonchev–Trinajstić information content (AvgIpc) is 2.46. The van der Waals surface area contributed by atoms with Gasteiger partial charge in [0.15, 0.2) is 0 Å². The van der Waals surface area contributed by atoms with Crippen molar-refractivity contribution in [1.82, 2.24) is 0 Å². The van der Waals surface area contributed by atoms with Gasteiger partial charge in [-0.05, 0) is 35.4 Å². The number of rotatable bonds is 3. The van der Waals surface area contributed by atoms with Gasteiger partial charge in [-0.1, -0.05) is 36.4 Å². The largest absolute Gasteiger partial charge is 0.478 e. The Kier molecular flexibility index (Phi) is 3.75. The van der Waals surface area contributed by atoms with Gasteiger partial charge in [0.1, 0.15) is 0 Å². The van der Waals surface area contributed by atoms with Gasteiger partial charge < -0.3 is 5.11 Å². The highest BCUT2D eigenvalue weighted by molar-refractivity contribution is 5.88. The summed E-state index contributed by atoms with van der Waals surface area (Å²) in [5.41, 5.74) is 2.66. The van der Waals surface area contributed by atoms with E-state index in [1.807, 2.05) is 30.4 Å². The quantitative estimate of drug-likeness (QED) is 0.848. The molecule has 0 saturated heterocycles. The van der Waals surface area contributed by atoms with Gasteiger partial charge in [0, 0.05) is 0 Å². The van der Waals surface area contributed by atoms with E-state index in [1.165, 1.54) is 0 Å². The molecule has 3 nitrogen and oxygen atoms in total. The zero-order chi connectivity index (χ0) is 13.7. The number of nitriles is 1. The molecule has 0 unspecified atom stereocenters. The second kappa shape index (κ2) is 5.65. The first-order valence-corrected chi connectivity index (χ1v) is 5.70. The Balaban J connectivity index is 2.20. The van der Waals surface area contributed by atoms with E-state index in [1.54, 1.807) is 30.3 Å². The first-order valence-electron chi connectivity index (χ1n) is 5.70. The Morgan fingerprint density at radius 2 is 1.74 bits per heavy atom. The number of carboxylic acid groups (broad SMARTS) is 1. The Morgan fingerprint density at radius 1 is 1.05 bits per heavy atom. The van der Waals surface area contributed by atoms with Crippen LogP contribution in [0.4, 0.5) is 0 Å². The van der Waals surface area contributed by atoms with Crippen molar-refractivity contribution >= 4 is 18.1 Å². The van der Waals surface area contributed by atoms with Crippen LogP contribution in [0.5, 0.6) is 0 Å². The molecule has 0 bridgehead atoms. The fourth-order valence-corrected chi connectivity index (χ4v) is 1.64. The molecule has 0 spiro atoms. The van der Waals surface area contributed by atoms with E-state index >= 15 is 0 Å². The summed E-state index contributed by atoms with van der Waals surface area (Å²) < 4.78 is 0. The smallest absolute Gasteiger partial charge is 0.335 e. The molecule has 0 radical (unpaired) electrons. The summed E-state index contributed by atoms with van der Waals surface area (Å²) in [6, 6.07) is 16.0. The molecule has 1 N–H and O–H groups in total. The van der Waals surface area contributed by atoms with Gasteiger partial charge in [-0.15, -0.1) is 0 Å². The number of benzene rings is 2. The molecule has 0 aromatic heterocycles. The molecule has 19 heavy (non-hydrogen) atoms. The van der Waals surface area contributed by atoms with Gasteiger partial charge in [-0.25, -0.2) is 4.79 Å². The lowest BCUT2D eigenvalue weighted by molar-refractivity contribution is 0.0697. The minimum Gasteiger partial charge on any atom is -0.478 e. The predicted molar refractivity (Wildman–Crippen MR) is 73.5 cm³/mol. The average molecular weight is 249 g/mol. The fourth-order valence-electron chi connectivity index (χ4n) is 1.64. The minimum atomic E-state index is -0.936. The van der Waals surface area contributed by atoms with Gasteiger partial charge in [-0.2, -0.15) is 5.26 Å². The standard InChI is InChI=1S/C16H11NO2/c17-11-14-8-5-12(6-9-14)4-7-13-2-1-3-15(10-13)16(18)19/h1-10H,(H,18,19)/b7-4+. The fraction of sp³-hybridized carbons (Fsp3) is 0. The summed E-state index contributed by atoms with van der Waals surface area (Å²) in [5, 5.41) is 17.6. The van der Waals surface area contributed by atoms with Crippen molar-refractivity contribution in [2.24, 2.45) is 0 Å². The van der Waals surface area contributed by atoms with Crippen LogP contribution in [0.1, 0.15) is 27.0 Å². The topological polar surface area (TPSA) is 61.1 Å². The van der Waals surface area contributed by atoms with Crippen LogP contribution in [0.15, 0.2) is 48.5 Å². The van der Waals surface area contributed by atoms with E-state index in [-0.39, 0.29) is 5.56 Å². The van der Waals surface area contributed by atoms with E-state index in [4.69, 9.17) is 10.4 Å². The molecule has 0 heterocycles. The van der Waals surface area contributed by atoms with Crippen LogP contribution in [0.25, 0.3) is 12.2 Å². The van der Waals surface area contributed by atoms with Crippen molar-refractivity contribution < 1.29 is 9.90 Å². The molecule has 2 aromatic rings. The monoisotopic (exact) mass is 249 g/mol. The summed E-state index contributed by atoms with van der Waals surface area (Å²) in [4.78, 5) is 10.8. The van der Waals surface area contributed by atoms with Crippen molar-refractivity contribution in [3.63, 3.8) is 0 Å². The van der Waals surface area contributed by atoms with Crippen molar-refractivity contribution in [3.8, 4) is 6.07 Å². The van der Waals surface area contributed by atoms with E-state index in [2.05, 4.69) is 6.07 Å². The second-order valence-electron chi connectivity index (χ2n) is 4.00. The van der Waals surface area contributed by atoms with E-state index in [0.717, 1.165) is 11.1 Å². The van der Waals surface area contributed by atoms with Gasteiger partial charge in [0.05, 0.1) is 17.2 Å². The molecular formula is C16H11NO2. The zero-order valence-electron chi connectivity index (χ0n) is 10.1. The number of carbonyl (C=O) groups is 1. The molecular weight excluding hydrogens is 238 g/mol. The minimum absolute atomic E-state index is 0.266. The number of hydrogen-bond acceptors (Lipinski definition) is 2. The highest BCUT2D eigenvalue weighted by atomic mass is 16.4. The normalized spacial score (nSPS) is 10.3. The maximum Gasteiger partial charge on any atom is 0.335 e. The predicted octanol–water partition coefficient (Wildman–Crippen LogP) is 3.43. The molecule has 3 heteroatoms. The summed E-state index contributed by atoms with van der Waals surface area (Å²) >= 11 is 0. The highest BCUT2D eigenvalue weighted by Gasteiger charge is 2.01. The lowest BCUT2D eigenvalue weighted by atomic mass is 10.1. The van der Waals surface area contributed by atoms with E-state index < -0.39 is 5.97 Å². The third kappa shape index (κ3) is 3.30. The molecule has 92 valence electrons. The first-order chi connectivity index (χ1) is 9.19. The maximum absolute atomic E-state index is 10.8. The van der Waals surface area contributed by atoms with Crippen LogP contribution < -0.4 is 0 Å². The number of aromatic carboxylic acids is 1. The second-order valence-corrected chi connectivity index (χ2v) is 4.00. The Hall–Kier alpha value is -2.86. The summed E-state index contributed by atoms with van der Waals surface area (Å²) in [6.07, 6.45) is 3.72. The zero-order valence-corrected chi connectivity index (χ0v) is 10.1. The molecule has 2 rings (SSSR count). The summed E-state index contributed by atoms with van der Waals surface area (Å²) in [5.74, 6) is -0.936. The molecule has 0 atom stereocenters. The molecule has 0 aliphatic heterocycles. The van der Waals surface area contributed by atoms with E-state index in [0.29, 0.717) is 5.56 Å². The Morgan fingerprint density at radius 3 is 2.37 bits per heavy atom. The third-order valence-corrected chi connectivity index (χ3v) is 2.64. The number of carboxylic acids is 1. The molecule has 0 amide bonds. The van der Waals surface area contributed by atoms with Crippen LogP contribution in [0.2, 0.25) is 0 Å². The van der Waals surface area contributed by atoms with Gasteiger partial charge in [-0.3, -0.25) is 0 Å². The molecule has 2 aromatic carbocycles. The lowest BCUT2D eigenvalue weighted by Gasteiger charge is -1.97. The van der Waals surface area contributed by atoms with E-state index in [9.17, 15) is 4.79 Å². The van der Waals surface area contributed by atoms with Crippen LogP contribution >= 0.6 is 0 Å². The van der Waals surface area contributed by atoms with Gasteiger partial charge in [0.2, 0.25) is 0 Å². The molecule has 0 fully saturated rings. The maximum atomic E-state index is 10.8. The Labute approximate surface area is 111 Å². The van der Waals surface area contributed by atoms with Gasteiger partial charge >= 0.3 is 5.97 Å². The highest BCUT2D eigenvalue weighted by Crippen LogP contribution is 2.11. The lowest BCUT2D eigenvalue weighted by Crippen LogP contribution is -1.95. The van der Waals surface area contributed by atoms with Crippen molar-refractivity contribution in [2.45, 2.75) is 0 Å². The summed E-state index contributed by atoms with van der Waals surface area (Å²) in [7, 11) is 0. The third-order valence-electron chi connectivity index (χ3n) is 2.64. The summed E-state index contributed by atoms with van der Waals surface area (Å²) in [6.45, 7) is 0. The first kappa shape index (κ1) is 12.6. The van der Waals surface area contributed by atoms with Crippen molar-refractivity contribution in [1.29, 1.82) is 5.26 Å². The van der Waals surface area contributed by atoms with Crippen molar-refractivity contribution in [3.05, 3.63) is 70.8 Å². The Bertz CT molecular complexity index is 664. The molecule has 0 aliphatic carbocycles. The molecule has 0 aliphatic rings. The van der Waals surface area contributed by atoms with Crippen LogP contribution in [-0.4, -0.2) is 11.1 Å². The van der Waals surface area contributed by atoms with Crippen LogP contribution in [-0.2, 0) is 0 Å². The number of nitrogens with zero attached hydrogens (tertiary/aromatic N) is 1. The van der Waals surface area contributed by atoms with Crippen LogP contribution in [0.3, 0.4) is 0 Å². The molecule has 0 saturated carbocycles. The van der Waals surface area contributed by atoms with Crippen molar-refractivity contribution in [2.75, 3.05) is 0 Å². The SMILES string of the molecule is N#Cc1ccc(/C=C/c2cccc(C(=O)O)c2)cc1. The van der Waals surface area contributed by atoms with Crippen LogP contribution in [0, 0.1) is 11.3 Å².